The Morgan fingerprint density at radius 2 is 2.03 bits per heavy atom. The van der Waals surface area contributed by atoms with Crippen LogP contribution in [-0.2, 0) is 19.4 Å². The van der Waals surface area contributed by atoms with Gasteiger partial charge in [-0.15, -0.1) is 11.3 Å². The highest BCUT2D eigenvalue weighted by molar-refractivity contribution is 7.15. The molecule has 0 unspecified atom stereocenters. The second-order valence-corrected chi connectivity index (χ2v) is 10.8. The summed E-state index contributed by atoms with van der Waals surface area (Å²) in [6.45, 7) is 8.31. The number of urea groups is 1. The molecular formula is C28H35N3O2S. The van der Waals surface area contributed by atoms with E-state index in [1.807, 2.05) is 35.3 Å². The lowest BCUT2D eigenvalue weighted by Crippen LogP contribution is -2.42. The SMILES string of the molecule is CCOc1cccc([C@@H]2c3cccn3-c3sc4c(c3CN2C(=O)NCCC(C)C)CCCC4)c1. The molecule has 0 spiro atoms. The first-order valence-electron chi connectivity index (χ1n) is 12.6. The second kappa shape index (κ2) is 9.87. The molecule has 5 nitrogen and oxygen atoms in total. The van der Waals surface area contributed by atoms with Crippen molar-refractivity contribution >= 4 is 17.4 Å². The number of carbonyl (C=O) groups is 1. The molecule has 0 saturated heterocycles. The Bertz CT molecular complexity index is 1160. The van der Waals surface area contributed by atoms with Gasteiger partial charge in [-0.05, 0) is 80.3 Å². The van der Waals surface area contributed by atoms with E-state index in [1.54, 1.807) is 0 Å². The summed E-state index contributed by atoms with van der Waals surface area (Å²) in [6.07, 6.45) is 7.90. The molecular weight excluding hydrogens is 442 g/mol. The average molecular weight is 478 g/mol. The number of carbonyl (C=O) groups excluding carboxylic acids is 1. The standard InChI is InChI=1S/C28H35N3O2S/c1-4-33-21-10-7-9-20(17-21)26-24-12-8-16-30(24)27-23(22-11-5-6-13-25(22)34-27)18-31(26)28(32)29-15-14-19(2)3/h7-10,12,16-17,19,26H,4-6,11,13-15,18H2,1-3H3,(H,29,32)/t26-/m1/s1. The van der Waals surface area contributed by atoms with Crippen molar-refractivity contribution in [2.75, 3.05) is 13.2 Å². The van der Waals surface area contributed by atoms with Crippen LogP contribution in [0.2, 0.25) is 0 Å². The van der Waals surface area contributed by atoms with E-state index in [4.69, 9.17) is 4.74 Å². The molecule has 180 valence electrons. The summed E-state index contributed by atoms with van der Waals surface area (Å²) >= 11 is 1.92. The molecule has 1 N–H and O–H groups in total. The largest absolute Gasteiger partial charge is 0.494 e. The quantitative estimate of drug-likeness (QED) is 0.442. The molecule has 2 amide bonds. The Labute approximate surface area is 206 Å². The minimum atomic E-state index is -0.187. The lowest BCUT2D eigenvalue weighted by molar-refractivity contribution is 0.180. The van der Waals surface area contributed by atoms with Gasteiger partial charge >= 0.3 is 6.03 Å². The Kier molecular flexibility index (Phi) is 6.68. The fraction of sp³-hybridized carbons (Fsp3) is 0.464. The van der Waals surface area contributed by atoms with E-state index < -0.39 is 0 Å². The van der Waals surface area contributed by atoms with E-state index in [0.29, 0.717) is 25.6 Å². The van der Waals surface area contributed by atoms with Gasteiger partial charge in [-0.25, -0.2) is 4.79 Å². The number of aryl methyl sites for hydroxylation is 1. The Morgan fingerprint density at radius 1 is 1.18 bits per heavy atom. The van der Waals surface area contributed by atoms with Gasteiger partial charge in [0.1, 0.15) is 10.8 Å². The topological polar surface area (TPSA) is 46.5 Å². The molecule has 1 aliphatic carbocycles. The average Bonchev–Trinajstić information content (AvgIpc) is 3.41. The zero-order chi connectivity index (χ0) is 23.7. The van der Waals surface area contributed by atoms with Crippen LogP contribution in [0.4, 0.5) is 4.79 Å². The van der Waals surface area contributed by atoms with Crippen LogP contribution in [0, 0.1) is 5.92 Å². The fourth-order valence-corrected chi connectivity index (χ4v) is 6.65. The van der Waals surface area contributed by atoms with Crippen molar-refractivity contribution in [1.82, 2.24) is 14.8 Å². The summed E-state index contributed by atoms with van der Waals surface area (Å²) in [5.74, 6) is 1.39. The van der Waals surface area contributed by atoms with Crippen LogP contribution in [0.3, 0.4) is 0 Å². The number of amides is 2. The third-order valence-corrected chi connectivity index (χ3v) is 8.26. The molecule has 3 aromatic rings. The molecule has 5 rings (SSSR count). The summed E-state index contributed by atoms with van der Waals surface area (Å²) in [4.78, 5) is 17.3. The summed E-state index contributed by atoms with van der Waals surface area (Å²) in [6, 6.07) is 12.3. The van der Waals surface area contributed by atoms with E-state index in [9.17, 15) is 4.79 Å². The van der Waals surface area contributed by atoms with E-state index in [-0.39, 0.29) is 12.1 Å². The van der Waals surface area contributed by atoms with Gasteiger partial charge in [0.05, 0.1) is 24.9 Å². The van der Waals surface area contributed by atoms with Gasteiger partial charge in [-0.2, -0.15) is 0 Å². The van der Waals surface area contributed by atoms with Crippen molar-refractivity contribution in [2.24, 2.45) is 5.92 Å². The van der Waals surface area contributed by atoms with Gasteiger partial charge in [0.2, 0.25) is 0 Å². The van der Waals surface area contributed by atoms with Crippen molar-refractivity contribution < 1.29 is 9.53 Å². The van der Waals surface area contributed by atoms with Crippen molar-refractivity contribution in [3.63, 3.8) is 0 Å². The smallest absolute Gasteiger partial charge is 0.318 e. The highest BCUT2D eigenvalue weighted by Crippen LogP contribution is 2.44. The first-order chi connectivity index (χ1) is 16.6. The van der Waals surface area contributed by atoms with Crippen LogP contribution in [0.1, 0.15) is 73.3 Å². The van der Waals surface area contributed by atoms with E-state index in [1.165, 1.54) is 33.8 Å². The minimum Gasteiger partial charge on any atom is -0.494 e. The summed E-state index contributed by atoms with van der Waals surface area (Å²) in [5, 5.41) is 4.51. The number of benzene rings is 1. The molecule has 1 aromatic carbocycles. The Hall–Kier alpha value is -2.73. The number of aromatic nitrogens is 1. The maximum Gasteiger partial charge on any atom is 0.318 e. The molecule has 0 bridgehead atoms. The van der Waals surface area contributed by atoms with Crippen LogP contribution in [0.5, 0.6) is 5.75 Å². The summed E-state index contributed by atoms with van der Waals surface area (Å²) < 4.78 is 8.15. The third kappa shape index (κ3) is 4.36. The highest BCUT2D eigenvalue weighted by atomic mass is 32.1. The van der Waals surface area contributed by atoms with Crippen LogP contribution >= 0.6 is 11.3 Å². The number of rotatable bonds is 6. The molecule has 6 heteroatoms. The lowest BCUT2D eigenvalue weighted by Gasteiger charge is -2.31. The monoisotopic (exact) mass is 477 g/mol. The number of hydrogen-bond acceptors (Lipinski definition) is 3. The predicted molar refractivity (Wildman–Crippen MR) is 138 cm³/mol. The molecule has 0 fully saturated rings. The lowest BCUT2D eigenvalue weighted by atomic mass is 9.95. The van der Waals surface area contributed by atoms with E-state index in [2.05, 4.69) is 54.2 Å². The van der Waals surface area contributed by atoms with Crippen molar-refractivity contribution in [3.05, 3.63) is 69.9 Å². The number of fused-ring (bicyclic) bond motifs is 5. The normalized spacial score (nSPS) is 17.1. The molecule has 2 aliphatic rings. The van der Waals surface area contributed by atoms with Gasteiger partial charge in [-0.1, -0.05) is 26.0 Å². The van der Waals surface area contributed by atoms with Gasteiger partial charge in [0, 0.05) is 23.2 Å². The van der Waals surface area contributed by atoms with E-state index >= 15 is 0 Å². The maximum absolute atomic E-state index is 13.7. The first kappa shape index (κ1) is 23.0. The van der Waals surface area contributed by atoms with Crippen molar-refractivity contribution in [2.45, 2.75) is 65.5 Å². The molecule has 1 aliphatic heterocycles. The fourth-order valence-electron chi connectivity index (χ4n) is 5.25. The molecule has 3 heterocycles. The Morgan fingerprint density at radius 3 is 2.85 bits per heavy atom. The minimum absolute atomic E-state index is 0.00354. The van der Waals surface area contributed by atoms with Crippen LogP contribution in [-0.4, -0.2) is 28.6 Å². The molecule has 34 heavy (non-hydrogen) atoms. The molecule has 0 saturated carbocycles. The van der Waals surface area contributed by atoms with Gasteiger partial charge in [0.15, 0.2) is 0 Å². The summed E-state index contributed by atoms with van der Waals surface area (Å²) in [5.41, 5.74) is 5.02. The number of hydrogen-bond donors (Lipinski definition) is 1. The third-order valence-electron chi connectivity index (χ3n) is 6.92. The molecule has 1 atom stereocenters. The Balaban J connectivity index is 1.61. The number of ether oxygens (including phenoxy) is 1. The first-order valence-corrected chi connectivity index (χ1v) is 13.5. The van der Waals surface area contributed by atoms with Crippen LogP contribution in [0.15, 0.2) is 42.6 Å². The number of nitrogens with zero attached hydrogens (tertiary/aromatic N) is 2. The van der Waals surface area contributed by atoms with Crippen molar-refractivity contribution in [1.29, 1.82) is 0 Å². The van der Waals surface area contributed by atoms with Gasteiger partial charge < -0.3 is 19.5 Å². The predicted octanol–water partition coefficient (Wildman–Crippen LogP) is 6.48. The zero-order valence-corrected chi connectivity index (χ0v) is 21.3. The van der Waals surface area contributed by atoms with Crippen LogP contribution in [0.25, 0.3) is 5.00 Å². The maximum atomic E-state index is 13.7. The highest BCUT2D eigenvalue weighted by Gasteiger charge is 2.36. The van der Waals surface area contributed by atoms with Gasteiger partial charge in [0.25, 0.3) is 0 Å². The van der Waals surface area contributed by atoms with E-state index in [0.717, 1.165) is 36.3 Å². The molecule has 2 aromatic heterocycles. The van der Waals surface area contributed by atoms with Gasteiger partial charge in [-0.3, -0.25) is 0 Å². The molecule has 0 radical (unpaired) electrons. The summed E-state index contributed by atoms with van der Waals surface area (Å²) in [7, 11) is 0. The van der Waals surface area contributed by atoms with Crippen molar-refractivity contribution in [3.8, 4) is 10.8 Å². The number of thiophene rings is 1. The number of nitrogens with one attached hydrogen (secondary N) is 1. The van der Waals surface area contributed by atoms with Crippen LogP contribution < -0.4 is 10.1 Å². The zero-order valence-electron chi connectivity index (χ0n) is 20.5. The second-order valence-electron chi connectivity index (χ2n) is 9.75.